The molecule has 0 amide bonds. The fraction of sp³-hybridized carbons (Fsp3) is 0.385. The standard InChI is InChI=1S/C26H31N3OS/c1-18-13-19(2)24-21(14-18)15-22(25(30)28-24)17-29(16-20-9-5-3-6-10-20)26(31)27-23-11-7-4-8-12-23/h3,5-6,9-10,13-15,23H,4,7-8,11-12,16-17H2,1-2H3,(H,27,31)(H,28,30). The molecule has 162 valence electrons. The van der Waals surface area contributed by atoms with E-state index in [-0.39, 0.29) is 5.56 Å². The molecule has 0 spiro atoms. The normalized spacial score (nSPS) is 14.5. The van der Waals surface area contributed by atoms with Gasteiger partial charge in [0.15, 0.2) is 5.11 Å². The Morgan fingerprint density at radius 2 is 1.81 bits per heavy atom. The number of thiocarbonyl (C=S) groups is 1. The summed E-state index contributed by atoms with van der Waals surface area (Å²) in [5, 5.41) is 5.38. The van der Waals surface area contributed by atoms with E-state index in [1.54, 1.807) is 0 Å². The van der Waals surface area contributed by atoms with Gasteiger partial charge >= 0.3 is 0 Å². The van der Waals surface area contributed by atoms with Crippen LogP contribution in [0.15, 0.2) is 53.3 Å². The van der Waals surface area contributed by atoms with Crippen LogP contribution >= 0.6 is 12.2 Å². The number of aromatic amines is 1. The number of benzene rings is 2. The first kappa shape index (κ1) is 21.6. The van der Waals surface area contributed by atoms with Crippen molar-refractivity contribution >= 4 is 28.2 Å². The number of hydrogen-bond acceptors (Lipinski definition) is 2. The van der Waals surface area contributed by atoms with Crippen molar-refractivity contribution < 1.29 is 0 Å². The first-order valence-corrected chi connectivity index (χ1v) is 11.6. The summed E-state index contributed by atoms with van der Waals surface area (Å²) in [6.07, 6.45) is 6.14. The maximum Gasteiger partial charge on any atom is 0.253 e. The fourth-order valence-electron chi connectivity index (χ4n) is 4.57. The summed E-state index contributed by atoms with van der Waals surface area (Å²) in [6.45, 7) is 5.27. The van der Waals surface area contributed by atoms with Crippen LogP contribution < -0.4 is 10.9 Å². The minimum atomic E-state index is -0.0435. The second kappa shape index (κ2) is 9.65. The Hall–Kier alpha value is -2.66. The molecule has 1 aliphatic carbocycles. The molecule has 2 aromatic carbocycles. The Kier molecular flexibility index (Phi) is 6.71. The van der Waals surface area contributed by atoms with Gasteiger partial charge in [-0.25, -0.2) is 0 Å². The van der Waals surface area contributed by atoms with Crippen molar-refractivity contribution in [1.82, 2.24) is 15.2 Å². The van der Waals surface area contributed by atoms with Crippen LogP contribution in [0.3, 0.4) is 0 Å². The minimum Gasteiger partial charge on any atom is -0.360 e. The van der Waals surface area contributed by atoms with Crippen molar-refractivity contribution in [2.75, 3.05) is 0 Å². The first-order chi connectivity index (χ1) is 15.0. The number of aromatic nitrogens is 1. The predicted octanol–water partition coefficient (Wildman–Crippen LogP) is 5.35. The largest absolute Gasteiger partial charge is 0.360 e. The van der Waals surface area contributed by atoms with E-state index in [0.717, 1.165) is 40.0 Å². The monoisotopic (exact) mass is 433 g/mol. The zero-order valence-corrected chi connectivity index (χ0v) is 19.2. The van der Waals surface area contributed by atoms with Crippen molar-refractivity contribution in [3.63, 3.8) is 0 Å². The maximum atomic E-state index is 12.9. The number of aryl methyl sites for hydroxylation is 2. The molecular weight excluding hydrogens is 402 g/mol. The number of nitrogens with zero attached hydrogens (tertiary/aromatic N) is 1. The predicted molar refractivity (Wildman–Crippen MR) is 132 cm³/mol. The topological polar surface area (TPSA) is 48.1 Å². The third-order valence-corrected chi connectivity index (χ3v) is 6.54. The smallest absolute Gasteiger partial charge is 0.253 e. The van der Waals surface area contributed by atoms with E-state index in [4.69, 9.17) is 12.2 Å². The molecule has 0 unspecified atom stereocenters. The summed E-state index contributed by atoms with van der Waals surface area (Å²) < 4.78 is 0. The Balaban J connectivity index is 1.62. The number of hydrogen-bond donors (Lipinski definition) is 2. The first-order valence-electron chi connectivity index (χ1n) is 11.2. The summed E-state index contributed by atoms with van der Waals surface area (Å²) in [5.41, 5.74) is 5.07. The van der Waals surface area contributed by atoms with Crippen LogP contribution in [0.4, 0.5) is 0 Å². The van der Waals surface area contributed by atoms with Gasteiger partial charge in [0.1, 0.15) is 0 Å². The third kappa shape index (κ3) is 5.34. The van der Waals surface area contributed by atoms with Gasteiger partial charge in [-0.2, -0.15) is 0 Å². The van der Waals surface area contributed by atoms with E-state index in [1.165, 1.54) is 30.4 Å². The molecule has 2 N–H and O–H groups in total. The SMILES string of the molecule is Cc1cc(C)c2[nH]c(=O)c(CN(Cc3ccccc3)C(=S)NC3CCCCC3)cc2c1. The van der Waals surface area contributed by atoms with E-state index < -0.39 is 0 Å². The van der Waals surface area contributed by atoms with Crippen LogP contribution in [-0.4, -0.2) is 21.0 Å². The van der Waals surface area contributed by atoms with Crippen LogP contribution in [0.1, 0.15) is 54.4 Å². The molecule has 1 saturated carbocycles. The molecule has 0 aliphatic heterocycles. The molecule has 1 fully saturated rings. The van der Waals surface area contributed by atoms with Gasteiger partial charge in [-0.3, -0.25) is 4.79 Å². The van der Waals surface area contributed by atoms with E-state index >= 15 is 0 Å². The molecule has 31 heavy (non-hydrogen) atoms. The van der Waals surface area contributed by atoms with E-state index in [0.29, 0.717) is 19.1 Å². The molecule has 1 heterocycles. The lowest BCUT2D eigenvalue weighted by molar-refractivity contribution is 0.362. The number of H-pyrrole nitrogens is 1. The molecule has 5 heteroatoms. The van der Waals surface area contributed by atoms with E-state index in [2.05, 4.69) is 46.4 Å². The van der Waals surface area contributed by atoms with Gasteiger partial charge in [-0.15, -0.1) is 0 Å². The van der Waals surface area contributed by atoms with Crippen molar-refractivity contribution in [3.05, 3.63) is 81.1 Å². The molecular formula is C26H31N3OS. The second-order valence-electron chi connectivity index (χ2n) is 8.80. The van der Waals surface area contributed by atoms with Crippen LogP contribution in [0.5, 0.6) is 0 Å². The summed E-state index contributed by atoms with van der Waals surface area (Å²) in [6, 6.07) is 17.0. The Morgan fingerprint density at radius 1 is 1.06 bits per heavy atom. The average Bonchev–Trinajstić information content (AvgIpc) is 2.76. The molecule has 1 aromatic heterocycles. The van der Waals surface area contributed by atoms with Crippen LogP contribution in [0.25, 0.3) is 10.9 Å². The lowest BCUT2D eigenvalue weighted by Crippen LogP contribution is -2.45. The van der Waals surface area contributed by atoms with E-state index in [1.807, 2.05) is 31.2 Å². The maximum absolute atomic E-state index is 12.9. The molecule has 0 atom stereocenters. The van der Waals surface area contributed by atoms with Gasteiger partial charge in [0, 0.05) is 18.2 Å². The summed E-state index contributed by atoms with van der Waals surface area (Å²) in [7, 11) is 0. The third-order valence-electron chi connectivity index (χ3n) is 6.17. The van der Waals surface area contributed by atoms with Gasteiger partial charge < -0.3 is 15.2 Å². The Bertz CT molecular complexity index is 1120. The fourth-order valence-corrected chi connectivity index (χ4v) is 4.87. The molecule has 0 radical (unpaired) electrons. The van der Waals surface area contributed by atoms with Crippen LogP contribution in [-0.2, 0) is 13.1 Å². The molecule has 4 nitrogen and oxygen atoms in total. The zero-order chi connectivity index (χ0) is 21.8. The van der Waals surface area contributed by atoms with Crippen LogP contribution in [0.2, 0.25) is 0 Å². The molecule has 0 saturated heterocycles. The quantitative estimate of drug-likeness (QED) is 0.532. The highest BCUT2D eigenvalue weighted by molar-refractivity contribution is 7.80. The lowest BCUT2D eigenvalue weighted by Gasteiger charge is -2.31. The molecule has 1 aliphatic rings. The second-order valence-corrected chi connectivity index (χ2v) is 9.18. The highest BCUT2D eigenvalue weighted by atomic mass is 32.1. The van der Waals surface area contributed by atoms with Crippen LogP contribution in [0, 0.1) is 13.8 Å². The zero-order valence-electron chi connectivity index (χ0n) is 18.4. The highest BCUT2D eigenvalue weighted by Crippen LogP contribution is 2.20. The average molecular weight is 434 g/mol. The van der Waals surface area contributed by atoms with Gasteiger partial charge in [0.25, 0.3) is 5.56 Å². The Morgan fingerprint density at radius 3 is 2.55 bits per heavy atom. The Labute approximate surface area is 189 Å². The van der Waals surface area contributed by atoms with Crippen molar-refractivity contribution in [2.24, 2.45) is 0 Å². The summed E-state index contributed by atoms with van der Waals surface area (Å²) >= 11 is 5.84. The number of nitrogens with one attached hydrogen (secondary N) is 2. The van der Waals surface area contributed by atoms with Gasteiger partial charge in [0.2, 0.25) is 0 Å². The summed E-state index contributed by atoms with van der Waals surface area (Å²) in [5.74, 6) is 0. The minimum absolute atomic E-state index is 0.0435. The summed E-state index contributed by atoms with van der Waals surface area (Å²) in [4.78, 5) is 18.1. The highest BCUT2D eigenvalue weighted by Gasteiger charge is 2.19. The van der Waals surface area contributed by atoms with Gasteiger partial charge in [-0.05, 0) is 67.6 Å². The van der Waals surface area contributed by atoms with Crippen molar-refractivity contribution in [2.45, 2.75) is 65.1 Å². The lowest BCUT2D eigenvalue weighted by atomic mass is 9.96. The number of fused-ring (bicyclic) bond motifs is 1. The number of pyridine rings is 1. The molecule has 4 rings (SSSR count). The van der Waals surface area contributed by atoms with Gasteiger partial charge in [-0.1, -0.05) is 61.2 Å². The van der Waals surface area contributed by atoms with Gasteiger partial charge in [0.05, 0.1) is 12.1 Å². The van der Waals surface area contributed by atoms with E-state index in [9.17, 15) is 4.79 Å². The molecule has 0 bridgehead atoms. The van der Waals surface area contributed by atoms with Crippen molar-refractivity contribution in [3.8, 4) is 0 Å². The molecule has 3 aromatic rings. The number of rotatable bonds is 5. The van der Waals surface area contributed by atoms with Crippen molar-refractivity contribution in [1.29, 1.82) is 0 Å².